The highest BCUT2D eigenvalue weighted by molar-refractivity contribution is 6.42. The number of hydrogen-bond acceptors (Lipinski definition) is 3. The van der Waals surface area contributed by atoms with Gasteiger partial charge in [0, 0.05) is 11.3 Å². The molecule has 0 unspecified atom stereocenters. The second-order valence-corrected chi connectivity index (χ2v) is 6.83. The van der Waals surface area contributed by atoms with Gasteiger partial charge in [0.15, 0.2) is 0 Å². The minimum Gasteiger partial charge on any atom is -0.322 e. The van der Waals surface area contributed by atoms with Gasteiger partial charge in [-0.15, -0.1) is 5.10 Å². The van der Waals surface area contributed by atoms with Crippen LogP contribution in [0.5, 0.6) is 0 Å². The molecule has 0 aliphatic heterocycles. The van der Waals surface area contributed by atoms with E-state index in [9.17, 15) is 4.79 Å². The van der Waals surface area contributed by atoms with Crippen molar-refractivity contribution in [3.05, 3.63) is 87.9 Å². The second kappa shape index (κ2) is 7.39. The molecule has 0 saturated carbocycles. The van der Waals surface area contributed by atoms with Crippen LogP contribution in [-0.2, 0) is 6.54 Å². The van der Waals surface area contributed by atoms with E-state index in [1.165, 1.54) is 0 Å². The molecular weight excluding hydrogens is 383 g/mol. The average Bonchev–Trinajstić information content (AvgIpc) is 3.08. The molecule has 1 N–H and O–H groups in total. The molecule has 5 nitrogen and oxygen atoms in total. The van der Waals surface area contributed by atoms with Gasteiger partial charge in [0.05, 0.1) is 22.1 Å². The molecule has 4 rings (SSSR count). The van der Waals surface area contributed by atoms with Gasteiger partial charge < -0.3 is 5.32 Å². The lowest BCUT2D eigenvalue weighted by molar-refractivity contribution is 0.102. The smallest absolute Gasteiger partial charge is 0.255 e. The zero-order chi connectivity index (χ0) is 18.8. The zero-order valence-corrected chi connectivity index (χ0v) is 15.6. The Labute approximate surface area is 165 Å². The number of amides is 1. The van der Waals surface area contributed by atoms with E-state index in [2.05, 4.69) is 15.6 Å². The minimum absolute atomic E-state index is 0.217. The van der Waals surface area contributed by atoms with E-state index < -0.39 is 0 Å². The molecule has 0 aliphatic carbocycles. The number of halogens is 2. The fourth-order valence-electron chi connectivity index (χ4n) is 2.75. The summed E-state index contributed by atoms with van der Waals surface area (Å²) in [5.41, 5.74) is 3.99. The quantitative estimate of drug-likeness (QED) is 0.525. The molecule has 1 aromatic heterocycles. The summed E-state index contributed by atoms with van der Waals surface area (Å²) in [4.78, 5) is 12.4. The first kappa shape index (κ1) is 17.5. The summed E-state index contributed by atoms with van der Waals surface area (Å²) in [5.74, 6) is -0.217. The van der Waals surface area contributed by atoms with Crippen molar-refractivity contribution in [2.45, 2.75) is 6.54 Å². The first-order valence-corrected chi connectivity index (χ1v) is 8.99. The predicted molar refractivity (Wildman–Crippen MR) is 107 cm³/mol. The normalized spacial score (nSPS) is 10.9. The fraction of sp³-hybridized carbons (Fsp3) is 0.0500. The van der Waals surface area contributed by atoms with Crippen molar-refractivity contribution in [3.8, 4) is 0 Å². The summed E-state index contributed by atoms with van der Waals surface area (Å²) in [6.45, 7) is 0.579. The molecule has 134 valence electrons. The van der Waals surface area contributed by atoms with Crippen molar-refractivity contribution in [2.24, 2.45) is 0 Å². The van der Waals surface area contributed by atoms with E-state index in [-0.39, 0.29) is 5.91 Å². The number of aromatic nitrogens is 3. The Kier molecular flexibility index (Phi) is 4.79. The summed E-state index contributed by atoms with van der Waals surface area (Å²) >= 11 is 11.9. The highest BCUT2D eigenvalue weighted by atomic mass is 35.5. The number of nitrogens with one attached hydrogen (secondary N) is 1. The lowest BCUT2D eigenvalue weighted by Crippen LogP contribution is -2.12. The topological polar surface area (TPSA) is 59.8 Å². The first-order valence-electron chi connectivity index (χ1n) is 8.24. The number of rotatable bonds is 4. The number of para-hydroxylation sites is 1. The van der Waals surface area contributed by atoms with E-state index in [4.69, 9.17) is 23.2 Å². The van der Waals surface area contributed by atoms with Crippen LogP contribution in [0, 0.1) is 0 Å². The zero-order valence-electron chi connectivity index (χ0n) is 14.1. The fourth-order valence-corrected chi connectivity index (χ4v) is 3.04. The molecule has 0 radical (unpaired) electrons. The third kappa shape index (κ3) is 3.79. The van der Waals surface area contributed by atoms with Gasteiger partial charge in [0.1, 0.15) is 5.52 Å². The molecule has 4 aromatic rings. The number of fused-ring (bicyclic) bond motifs is 1. The van der Waals surface area contributed by atoms with Crippen LogP contribution in [0.15, 0.2) is 66.7 Å². The number of carbonyl (C=O) groups is 1. The van der Waals surface area contributed by atoms with Crippen molar-refractivity contribution in [1.29, 1.82) is 0 Å². The van der Waals surface area contributed by atoms with Crippen molar-refractivity contribution in [1.82, 2.24) is 15.0 Å². The molecule has 7 heteroatoms. The average molecular weight is 397 g/mol. The van der Waals surface area contributed by atoms with Crippen LogP contribution < -0.4 is 5.32 Å². The molecule has 27 heavy (non-hydrogen) atoms. The number of anilines is 1. The van der Waals surface area contributed by atoms with Crippen LogP contribution in [0.1, 0.15) is 15.9 Å². The van der Waals surface area contributed by atoms with Gasteiger partial charge in [-0.2, -0.15) is 0 Å². The van der Waals surface area contributed by atoms with Crippen molar-refractivity contribution in [3.63, 3.8) is 0 Å². The molecule has 3 aromatic carbocycles. The number of carbonyl (C=O) groups excluding carboxylic acids is 1. The Balaban J connectivity index is 1.48. The van der Waals surface area contributed by atoms with Gasteiger partial charge in [-0.05, 0) is 48.0 Å². The third-order valence-electron chi connectivity index (χ3n) is 4.15. The number of hydrogen-bond donors (Lipinski definition) is 1. The minimum atomic E-state index is -0.217. The summed E-state index contributed by atoms with van der Waals surface area (Å²) in [6, 6.07) is 20.1. The summed E-state index contributed by atoms with van der Waals surface area (Å²) < 4.78 is 1.83. The maximum absolute atomic E-state index is 12.4. The molecule has 1 amide bonds. The molecule has 0 atom stereocenters. The summed E-state index contributed by atoms with van der Waals surface area (Å²) in [7, 11) is 0. The van der Waals surface area contributed by atoms with Gasteiger partial charge in [-0.3, -0.25) is 4.79 Å². The van der Waals surface area contributed by atoms with Gasteiger partial charge >= 0.3 is 0 Å². The van der Waals surface area contributed by atoms with E-state index in [0.717, 1.165) is 16.6 Å². The van der Waals surface area contributed by atoms with Crippen molar-refractivity contribution in [2.75, 3.05) is 5.32 Å². The summed E-state index contributed by atoms with van der Waals surface area (Å²) in [5, 5.41) is 12.0. The highest BCUT2D eigenvalue weighted by Crippen LogP contribution is 2.25. The molecule has 0 aliphatic rings. The number of nitrogens with zero attached hydrogens (tertiary/aromatic N) is 3. The SMILES string of the molecule is O=C(Nc1ccc(Cl)c(Cl)c1)c1ccc(Cn2nnc3ccccc32)cc1. The lowest BCUT2D eigenvalue weighted by Gasteiger charge is -2.08. The van der Waals surface area contributed by atoms with Gasteiger partial charge in [0.2, 0.25) is 0 Å². The van der Waals surface area contributed by atoms with E-state index in [0.29, 0.717) is 27.8 Å². The van der Waals surface area contributed by atoms with Gasteiger partial charge in [-0.25, -0.2) is 4.68 Å². The van der Waals surface area contributed by atoms with Crippen molar-refractivity contribution >= 4 is 45.8 Å². The van der Waals surface area contributed by atoms with Crippen LogP contribution in [0.2, 0.25) is 10.0 Å². The lowest BCUT2D eigenvalue weighted by atomic mass is 10.1. The largest absolute Gasteiger partial charge is 0.322 e. The van der Waals surface area contributed by atoms with Crippen LogP contribution in [0.4, 0.5) is 5.69 Å². The molecule has 0 fully saturated rings. The van der Waals surface area contributed by atoms with E-state index in [1.807, 2.05) is 41.1 Å². The maximum atomic E-state index is 12.4. The van der Waals surface area contributed by atoms with E-state index >= 15 is 0 Å². The van der Waals surface area contributed by atoms with Crippen LogP contribution >= 0.6 is 23.2 Å². The Bertz CT molecular complexity index is 1120. The van der Waals surface area contributed by atoms with E-state index in [1.54, 1.807) is 30.3 Å². The van der Waals surface area contributed by atoms with Gasteiger partial charge in [0.25, 0.3) is 5.91 Å². The second-order valence-electron chi connectivity index (χ2n) is 6.02. The Morgan fingerprint density at radius 2 is 1.74 bits per heavy atom. The standard InChI is InChI=1S/C20H14Cl2N4O/c21-16-10-9-15(11-17(16)22)23-20(27)14-7-5-13(6-8-14)12-26-19-4-2-1-3-18(19)24-25-26/h1-11H,12H2,(H,23,27). The highest BCUT2D eigenvalue weighted by Gasteiger charge is 2.09. The van der Waals surface area contributed by atoms with Crippen LogP contribution in [-0.4, -0.2) is 20.9 Å². The summed E-state index contributed by atoms with van der Waals surface area (Å²) in [6.07, 6.45) is 0. The van der Waals surface area contributed by atoms with Gasteiger partial charge in [-0.1, -0.05) is 52.7 Å². The molecule has 1 heterocycles. The molecular formula is C20H14Cl2N4O. The Hall–Kier alpha value is -2.89. The van der Waals surface area contributed by atoms with Crippen molar-refractivity contribution < 1.29 is 4.79 Å². The predicted octanol–water partition coefficient (Wildman–Crippen LogP) is 5.04. The number of benzene rings is 3. The Morgan fingerprint density at radius 3 is 2.52 bits per heavy atom. The monoisotopic (exact) mass is 396 g/mol. The molecule has 0 bridgehead atoms. The molecule has 0 spiro atoms. The third-order valence-corrected chi connectivity index (χ3v) is 4.89. The molecule has 0 saturated heterocycles. The maximum Gasteiger partial charge on any atom is 0.255 e. The first-order chi connectivity index (χ1) is 13.1. The van der Waals surface area contributed by atoms with Crippen LogP contribution in [0.3, 0.4) is 0 Å². The van der Waals surface area contributed by atoms with Crippen LogP contribution in [0.25, 0.3) is 11.0 Å². The Morgan fingerprint density at radius 1 is 0.963 bits per heavy atom.